The van der Waals surface area contributed by atoms with E-state index in [-0.39, 0.29) is 30.7 Å². The lowest BCUT2D eigenvalue weighted by Crippen LogP contribution is -2.40. The van der Waals surface area contributed by atoms with E-state index in [1.54, 1.807) is 11.3 Å². The summed E-state index contributed by atoms with van der Waals surface area (Å²) in [5.74, 6) is 0.924. The summed E-state index contributed by atoms with van der Waals surface area (Å²) in [5, 5.41) is 5.15. The summed E-state index contributed by atoms with van der Waals surface area (Å²) in [4.78, 5) is 28.8. The zero-order chi connectivity index (χ0) is 21.5. The van der Waals surface area contributed by atoms with E-state index in [0.717, 1.165) is 37.4 Å². The largest absolute Gasteiger partial charge is 0.356 e. The van der Waals surface area contributed by atoms with Crippen LogP contribution in [0, 0.1) is 5.92 Å². The van der Waals surface area contributed by atoms with Crippen LogP contribution in [0.1, 0.15) is 79.8 Å². The zero-order valence-corrected chi connectivity index (χ0v) is 19.2. The average molecular weight is 439 g/mol. The number of carbonyl (C=O) groups is 2. The molecule has 0 saturated heterocycles. The first kappa shape index (κ1) is 22.1. The molecule has 1 fully saturated rings. The molecule has 1 aliphatic carbocycles. The summed E-state index contributed by atoms with van der Waals surface area (Å²) in [6.45, 7) is 1.45. The van der Waals surface area contributed by atoms with Gasteiger partial charge in [0.1, 0.15) is 0 Å². The monoisotopic (exact) mass is 438 g/mol. The van der Waals surface area contributed by atoms with Gasteiger partial charge in [0.15, 0.2) is 0 Å². The molecule has 2 heterocycles. The Morgan fingerprint density at radius 1 is 1.03 bits per heavy atom. The maximum absolute atomic E-state index is 13.1. The number of amides is 2. The fourth-order valence-corrected chi connectivity index (χ4v) is 6.03. The third-order valence-electron chi connectivity index (χ3n) is 6.80. The van der Waals surface area contributed by atoms with E-state index in [4.69, 9.17) is 0 Å². The number of nitrogens with one attached hydrogen (secondary N) is 1. The molecule has 1 N–H and O–H groups in total. The molecule has 4 rings (SSSR count). The quantitative estimate of drug-likeness (QED) is 0.555. The lowest BCUT2D eigenvalue weighted by Gasteiger charge is -2.36. The molecular weight excluding hydrogens is 404 g/mol. The molecule has 1 aliphatic heterocycles. The number of rotatable bonds is 8. The molecule has 2 amide bonds. The molecule has 31 heavy (non-hydrogen) atoms. The Balaban J connectivity index is 1.27. The Labute approximate surface area is 190 Å². The van der Waals surface area contributed by atoms with Gasteiger partial charge in [-0.3, -0.25) is 9.59 Å². The molecule has 2 aromatic rings. The Hall–Kier alpha value is -2.14. The van der Waals surface area contributed by atoms with Crippen LogP contribution in [0.3, 0.4) is 0 Å². The van der Waals surface area contributed by atoms with Crippen molar-refractivity contribution in [2.45, 2.75) is 70.3 Å². The maximum Gasteiger partial charge on any atom is 0.223 e. The van der Waals surface area contributed by atoms with Crippen LogP contribution in [-0.4, -0.2) is 29.8 Å². The van der Waals surface area contributed by atoms with Crippen LogP contribution in [-0.2, 0) is 16.0 Å². The van der Waals surface area contributed by atoms with Gasteiger partial charge in [-0.1, -0.05) is 62.4 Å². The predicted molar refractivity (Wildman–Crippen MR) is 126 cm³/mol. The van der Waals surface area contributed by atoms with Gasteiger partial charge < -0.3 is 10.2 Å². The topological polar surface area (TPSA) is 49.4 Å². The third kappa shape index (κ3) is 5.76. The highest BCUT2D eigenvalue weighted by Gasteiger charge is 2.32. The SMILES string of the molecule is O=C(CCC(=O)N1CCc2sccc2C1c1ccccc1)NCCCC1CCCCC1. The molecule has 1 aromatic heterocycles. The van der Waals surface area contributed by atoms with Crippen molar-refractivity contribution in [1.82, 2.24) is 10.2 Å². The van der Waals surface area contributed by atoms with Crippen molar-refractivity contribution >= 4 is 23.2 Å². The standard InChI is InChI=1S/C26H34N2O2S/c29-24(27-17-7-10-20-8-3-1-4-9-20)13-14-25(30)28-18-15-23-22(16-19-31-23)26(28)21-11-5-2-6-12-21/h2,5-6,11-12,16,19-20,26H,1,3-4,7-10,13-15,17-18H2,(H,27,29). The zero-order valence-electron chi connectivity index (χ0n) is 18.4. The number of thiophene rings is 1. The van der Waals surface area contributed by atoms with E-state index in [1.807, 2.05) is 23.1 Å². The number of carbonyl (C=O) groups excluding carboxylic acids is 2. The van der Waals surface area contributed by atoms with Crippen molar-refractivity contribution in [3.05, 3.63) is 57.8 Å². The average Bonchev–Trinajstić information content (AvgIpc) is 3.30. The minimum absolute atomic E-state index is 0.00138. The van der Waals surface area contributed by atoms with Gasteiger partial charge in [0.2, 0.25) is 11.8 Å². The molecule has 4 nitrogen and oxygen atoms in total. The van der Waals surface area contributed by atoms with Crippen LogP contribution >= 0.6 is 11.3 Å². The normalized spacial score (nSPS) is 19.1. The molecule has 1 aromatic carbocycles. The lowest BCUT2D eigenvalue weighted by molar-refractivity contribution is -0.135. The summed E-state index contributed by atoms with van der Waals surface area (Å²) < 4.78 is 0. The van der Waals surface area contributed by atoms with Crippen LogP contribution < -0.4 is 5.32 Å². The van der Waals surface area contributed by atoms with E-state index >= 15 is 0 Å². The second kappa shape index (κ2) is 10.9. The van der Waals surface area contributed by atoms with E-state index in [1.165, 1.54) is 49.0 Å². The first-order valence-electron chi connectivity index (χ1n) is 11.9. The minimum atomic E-state index is -0.0396. The number of benzene rings is 1. The van der Waals surface area contributed by atoms with Crippen LogP contribution in [0.4, 0.5) is 0 Å². The fourth-order valence-electron chi connectivity index (χ4n) is 5.13. The third-order valence-corrected chi connectivity index (χ3v) is 7.80. The van der Waals surface area contributed by atoms with Crippen molar-refractivity contribution in [2.75, 3.05) is 13.1 Å². The van der Waals surface area contributed by atoms with Crippen molar-refractivity contribution in [3.63, 3.8) is 0 Å². The molecule has 166 valence electrons. The Morgan fingerprint density at radius 3 is 2.65 bits per heavy atom. The highest BCUT2D eigenvalue weighted by atomic mass is 32.1. The Bertz CT molecular complexity index is 857. The first-order valence-corrected chi connectivity index (χ1v) is 12.8. The van der Waals surface area contributed by atoms with Gasteiger partial charge in [-0.2, -0.15) is 0 Å². The summed E-state index contributed by atoms with van der Waals surface area (Å²) in [6, 6.07) is 12.4. The van der Waals surface area contributed by atoms with Crippen molar-refractivity contribution in [2.24, 2.45) is 5.92 Å². The number of nitrogens with zero attached hydrogens (tertiary/aromatic N) is 1. The highest BCUT2D eigenvalue weighted by molar-refractivity contribution is 7.10. The van der Waals surface area contributed by atoms with E-state index in [2.05, 4.69) is 28.9 Å². The molecule has 0 spiro atoms. The van der Waals surface area contributed by atoms with Gasteiger partial charge in [-0.05, 0) is 47.8 Å². The fraction of sp³-hybridized carbons (Fsp3) is 0.538. The van der Waals surface area contributed by atoms with Crippen LogP contribution in [0.2, 0.25) is 0 Å². The van der Waals surface area contributed by atoms with Crippen molar-refractivity contribution < 1.29 is 9.59 Å². The van der Waals surface area contributed by atoms with Crippen LogP contribution in [0.25, 0.3) is 0 Å². The van der Waals surface area contributed by atoms with E-state index < -0.39 is 0 Å². The summed E-state index contributed by atoms with van der Waals surface area (Å²) >= 11 is 1.78. The van der Waals surface area contributed by atoms with Gasteiger partial charge >= 0.3 is 0 Å². The van der Waals surface area contributed by atoms with Crippen molar-refractivity contribution in [3.8, 4) is 0 Å². The molecule has 0 bridgehead atoms. The number of hydrogen-bond donors (Lipinski definition) is 1. The summed E-state index contributed by atoms with van der Waals surface area (Å²) in [6.07, 6.45) is 10.5. The van der Waals surface area contributed by atoms with Crippen molar-refractivity contribution in [1.29, 1.82) is 0 Å². The summed E-state index contributed by atoms with van der Waals surface area (Å²) in [7, 11) is 0. The lowest BCUT2D eigenvalue weighted by atomic mass is 9.86. The van der Waals surface area contributed by atoms with Gasteiger partial charge in [0.05, 0.1) is 6.04 Å². The second-order valence-electron chi connectivity index (χ2n) is 8.95. The number of hydrogen-bond acceptors (Lipinski definition) is 3. The van der Waals surface area contributed by atoms with Gasteiger partial charge in [-0.15, -0.1) is 11.3 Å². The van der Waals surface area contributed by atoms with Crippen LogP contribution in [0.5, 0.6) is 0 Å². The minimum Gasteiger partial charge on any atom is -0.356 e. The van der Waals surface area contributed by atoms with Gasteiger partial charge in [-0.25, -0.2) is 0 Å². The van der Waals surface area contributed by atoms with Crippen LogP contribution in [0.15, 0.2) is 41.8 Å². The summed E-state index contributed by atoms with van der Waals surface area (Å²) in [5.41, 5.74) is 2.38. The smallest absolute Gasteiger partial charge is 0.223 e. The first-order chi connectivity index (χ1) is 15.2. The maximum atomic E-state index is 13.1. The molecule has 5 heteroatoms. The second-order valence-corrected chi connectivity index (χ2v) is 9.95. The Morgan fingerprint density at radius 2 is 1.84 bits per heavy atom. The molecule has 2 aliphatic rings. The molecule has 0 radical (unpaired) electrons. The molecule has 1 unspecified atom stereocenters. The Kier molecular flexibility index (Phi) is 7.79. The van der Waals surface area contributed by atoms with E-state index in [0.29, 0.717) is 0 Å². The molecule has 1 saturated carbocycles. The highest BCUT2D eigenvalue weighted by Crippen LogP contribution is 2.38. The molecule has 1 atom stereocenters. The van der Waals surface area contributed by atoms with Gasteiger partial charge in [0, 0.05) is 30.8 Å². The van der Waals surface area contributed by atoms with E-state index in [9.17, 15) is 9.59 Å². The number of fused-ring (bicyclic) bond motifs is 1. The van der Waals surface area contributed by atoms with Gasteiger partial charge in [0.25, 0.3) is 0 Å². The molecular formula is C26H34N2O2S. The predicted octanol–water partition coefficient (Wildman–Crippen LogP) is 5.48.